The maximum absolute atomic E-state index is 12.6. The van der Waals surface area contributed by atoms with Crippen LogP contribution < -0.4 is 5.73 Å². The summed E-state index contributed by atoms with van der Waals surface area (Å²) in [5.74, 6) is 0.765. The van der Waals surface area contributed by atoms with Gasteiger partial charge < -0.3 is 10.6 Å². The molecule has 2 atom stereocenters. The van der Waals surface area contributed by atoms with Crippen LogP contribution in [-0.2, 0) is 7.05 Å². The number of anilines is 1. The molecule has 2 fully saturated rings. The summed E-state index contributed by atoms with van der Waals surface area (Å²) in [6, 6.07) is 0.431. The van der Waals surface area contributed by atoms with Crippen molar-refractivity contribution < 1.29 is 4.79 Å². The molecule has 0 radical (unpaired) electrons. The molecule has 0 spiro atoms. The fourth-order valence-electron chi connectivity index (χ4n) is 3.56. The van der Waals surface area contributed by atoms with Crippen molar-refractivity contribution in [2.45, 2.75) is 38.1 Å². The van der Waals surface area contributed by atoms with Gasteiger partial charge in [-0.05, 0) is 31.6 Å². The number of rotatable bonds is 1. The third-order valence-electron chi connectivity index (χ3n) is 4.42. The summed E-state index contributed by atoms with van der Waals surface area (Å²) in [6.07, 6.45) is 7.62. The first-order valence-electron chi connectivity index (χ1n) is 6.77. The number of carbonyl (C=O) groups is 1. The molecule has 1 aliphatic carbocycles. The summed E-state index contributed by atoms with van der Waals surface area (Å²) in [5.41, 5.74) is 6.89. The van der Waals surface area contributed by atoms with Gasteiger partial charge in [-0.2, -0.15) is 5.10 Å². The van der Waals surface area contributed by atoms with E-state index in [1.807, 2.05) is 4.90 Å². The summed E-state index contributed by atoms with van der Waals surface area (Å²) in [4.78, 5) is 14.7. The monoisotopic (exact) mass is 248 g/mol. The van der Waals surface area contributed by atoms with Crippen molar-refractivity contribution in [3.05, 3.63) is 11.9 Å². The molecule has 2 heterocycles. The van der Waals surface area contributed by atoms with E-state index in [1.54, 1.807) is 17.9 Å². The van der Waals surface area contributed by atoms with Crippen molar-refractivity contribution in [2.24, 2.45) is 13.0 Å². The second-order valence-electron chi connectivity index (χ2n) is 5.47. The van der Waals surface area contributed by atoms with Crippen molar-refractivity contribution in [1.82, 2.24) is 14.7 Å². The van der Waals surface area contributed by atoms with Crippen molar-refractivity contribution >= 4 is 11.6 Å². The lowest BCUT2D eigenvalue weighted by Gasteiger charge is -2.37. The van der Waals surface area contributed by atoms with Gasteiger partial charge in [0.1, 0.15) is 5.69 Å². The summed E-state index contributed by atoms with van der Waals surface area (Å²) in [6.45, 7) is 0.866. The third kappa shape index (κ3) is 1.69. The summed E-state index contributed by atoms with van der Waals surface area (Å²) >= 11 is 0. The molecule has 2 N–H and O–H groups in total. The van der Waals surface area contributed by atoms with E-state index in [0.717, 1.165) is 19.4 Å². The molecule has 1 aliphatic heterocycles. The molecule has 2 aliphatic rings. The molecule has 0 bridgehead atoms. The maximum atomic E-state index is 12.6. The number of nitrogen functional groups attached to an aromatic ring is 1. The maximum Gasteiger partial charge on any atom is 0.274 e. The molecule has 2 unspecified atom stereocenters. The number of carbonyl (C=O) groups excluding carboxylic acids is 1. The normalized spacial score (nSPS) is 27.3. The van der Waals surface area contributed by atoms with Gasteiger partial charge in [0, 0.05) is 19.6 Å². The van der Waals surface area contributed by atoms with Crippen molar-refractivity contribution in [1.29, 1.82) is 0 Å². The number of amides is 1. The summed E-state index contributed by atoms with van der Waals surface area (Å²) < 4.78 is 1.59. The minimum Gasteiger partial charge on any atom is -0.396 e. The number of aryl methyl sites for hydroxylation is 1. The topological polar surface area (TPSA) is 64.2 Å². The second kappa shape index (κ2) is 4.30. The first kappa shape index (κ1) is 11.6. The molecule has 3 rings (SSSR count). The first-order chi connectivity index (χ1) is 8.68. The Labute approximate surface area is 107 Å². The van der Waals surface area contributed by atoms with Gasteiger partial charge in [0.25, 0.3) is 5.91 Å². The largest absolute Gasteiger partial charge is 0.396 e. The van der Waals surface area contributed by atoms with Crippen LogP contribution in [0.5, 0.6) is 0 Å². The highest BCUT2D eigenvalue weighted by Gasteiger charge is 2.38. The molecular weight excluding hydrogens is 228 g/mol. The van der Waals surface area contributed by atoms with E-state index in [1.165, 1.54) is 19.3 Å². The lowest BCUT2D eigenvalue weighted by Crippen LogP contribution is -2.46. The van der Waals surface area contributed by atoms with Crippen LogP contribution in [0, 0.1) is 5.92 Å². The Morgan fingerprint density at radius 1 is 1.39 bits per heavy atom. The molecular formula is C13H20N4O. The van der Waals surface area contributed by atoms with E-state index >= 15 is 0 Å². The molecule has 1 saturated carbocycles. The lowest BCUT2D eigenvalue weighted by atomic mass is 9.91. The molecule has 0 aromatic carbocycles. The van der Waals surface area contributed by atoms with Crippen molar-refractivity contribution in [3.63, 3.8) is 0 Å². The van der Waals surface area contributed by atoms with Crippen LogP contribution in [0.1, 0.15) is 42.6 Å². The van der Waals surface area contributed by atoms with E-state index in [4.69, 9.17) is 5.73 Å². The summed E-state index contributed by atoms with van der Waals surface area (Å²) in [7, 11) is 1.78. The van der Waals surface area contributed by atoms with Crippen LogP contribution in [-0.4, -0.2) is 33.2 Å². The highest BCUT2D eigenvalue weighted by Crippen LogP contribution is 2.37. The Bertz CT molecular complexity index is 448. The predicted octanol–water partition coefficient (Wildman–Crippen LogP) is 1.41. The van der Waals surface area contributed by atoms with E-state index in [2.05, 4.69) is 5.10 Å². The van der Waals surface area contributed by atoms with Gasteiger partial charge in [-0.3, -0.25) is 9.48 Å². The minimum absolute atomic E-state index is 0.0594. The zero-order valence-corrected chi connectivity index (χ0v) is 10.8. The number of piperidine rings is 1. The van der Waals surface area contributed by atoms with Crippen LogP contribution in [0.4, 0.5) is 5.69 Å². The Kier molecular flexibility index (Phi) is 2.76. The van der Waals surface area contributed by atoms with Gasteiger partial charge in [0.2, 0.25) is 0 Å². The van der Waals surface area contributed by atoms with Crippen molar-refractivity contribution in [2.75, 3.05) is 12.3 Å². The number of aromatic nitrogens is 2. The van der Waals surface area contributed by atoms with Crippen LogP contribution in [0.15, 0.2) is 6.20 Å². The number of likely N-dealkylation sites (tertiary alicyclic amines) is 1. The fourth-order valence-corrected chi connectivity index (χ4v) is 3.56. The van der Waals surface area contributed by atoms with Crippen LogP contribution >= 0.6 is 0 Å². The number of nitrogens with zero attached hydrogens (tertiary/aromatic N) is 3. The van der Waals surface area contributed by atoms with Crippen LogP contribution in [0.25, 0.3) is 0 Å². The Hall–Kier alpha value is -1.52. The second-order valence-corrected chi connectivity index (χ2v) is 5.47. The molecule has 18 heavy (non-hydrogen) atoms. The van der Waals surface area contributed by atoms with Gasteiger partial charge in [-0.1, -0.05) is 6.42 Å². The lowest BCUT2D eigenvalue weighted by molar-refractivity contribution is 0.0538. The Morgan fingerprint density at radius 3 is 2.89 bits per heavy atom. The first-order valence-corrected chi connectivity index (χ1v) is 6.77. The molecule has 1 aromatic rings. The zero-order valence-electron chi connectivity index (χ0n) is 10.8. The van der Waals surface area contributed by atoms with Gasteiger partial charge in [-0.15, -0.1) is 0 Å². The van der Waals surface area contributed by atoms with E-state index in [-0.39, 0.29) is 5.91 Å². The average Bonchev–Trinajstić information content (AvgIpc) is 2.95. The molecule has 5 nitrogen and oxygen atoms in total. The zero-order chi connectivity index (χ0) is 12.7. The van der Waals surface area contributed by atoms with Crippen LogP contribution in [0.3, 0.4) is 0 Å². The average molecular weight is 248 g/mol. The fraction of sp³-hybridized carbons (Fsp3) is 0.692. The SMILES string of the molecule is Cn1ncc(N)c1C(=O)N1CCCC2CCCC21. The number of hydrogen-bond acceptors (Lipinski definition) is 3. The molecule has 98 valence electrons. The predicted molar refractivity (Wildman–Crippen MR) is 69.0 cm³/mol. The standard InChI is InChI=1S/C13H20N4O/c1-16-12(10(14)8-15-16)13(18)17-7-3-5-9-4-2-6-11(9)17/h8-9,11H,2-7,14H2,1H3. The van der Waals surface area contributed by atoms with E-state index in [9.17, 15) is 4.79 Å². The van der Waals surface area contributed by atoms with E-state index in [0.29, 0.717) is 23.3 Å². The van der Waals surface area contributed by atoms with Crippen LogP contribution in [0.2, 0.25) is 0 Å². The third-order valence-corrected chi connectivity index (χ3v) is 4.42. The molecule has 5 heteroatoms. The smallest absolute Gasteiger partial charge is 0.274 e. The molecule has 1 amide bonds. The summed E-state index contributed by atoms with van der Waals surface area (Å²) in [5, 5.41) is 4.06. The number of fused-ring (bicyclic) bond motifs is 1. The molecule has 1 saturated heterocycles. The van der Waals surface area contributed by atoms with Gasteiger partial charge in [0.05, 0.1) is 11.9 Å². The van der Waals surface area contributed by atoms with Gasteiger partial charge in [-0.25, -0.2) is 0 Å². The van der Waals surface area contributed by atoms with E-state index < -0.39 is 0 Å². The highest BCUT2D eigenvalue weighted by atomic mass is 16.2. The minimum atomic E-state index is 0.0594. The highest BCUT2D eigenvalue weighted by molar-refractivity contribution is 5.97. The van der Waals surface area contributed by atoms with Gasteiger partial charge >= 0.3 is 0 Å². The number of hydrogen-bond donors (Lipinski definition) is 1. The Morgan fingerprint density at radius 2 is 2.17 bits per heavy atom. The quantitative estimate of drug-likeness (QED) is 0.817. The van der Waals surface area contributed by atoms with Crippen molar-refractivity contribution in [3.8, 4) is 0 Å². The Balaban J connectivity index is 1.88. The molecule has 1 aromatic heterocycles. The van der Waals surface area contributed by atoms with Gasteiger partial charge in [0.15, 0.2) is 0 Å². The number of nitrogens with two attached hydrogens (primary N) is 1.